The lowest BCUT2D eigenvalue weighted by Gasteiger charge is -2.31. The molecule has 1 aliphatic carbocycles. The molecule has 2 heterocycles. The lowest BCUT2D eigenvalue weighted by atomic mass is 9.94. The predicted molar refractivity (Wildman–Crippen MR) is 80.7 cm³/mol. The van der Waals surface area contributed by atoms with Crippen molar-refractivity contribution in [2.75, 3.05) is 6.54 Å². The van der Waals surface area contributed by atoms with Crippen molar-refractivity contribution >= 4 is 27.7 Å². The highest BCUT2D eigenvalue weighted by molar-refractivity contribution is 9.10. The van der Waals surface area contributed by atoms with Crippen molar-refractivity contribution in [2.24, 2.45) is 0 Å². The summed E-state index contributed by atoms with van der Waals surface area (Å²) in [6.45, 7) is 0.749. The van der Waals surface area contributed by atoms with Gasteiger partial charge >= 0.3 is 0 Å². The van der Waals surface area contributed by atoms with Crippen molar-refractivity contribution in [2.45, 2.75) is 50.6 Å². The second-order valence-corrected chi connectivity index (χ2v) is 6.59. The summed E-state index contributed by atoms with van der Waals surface area (Å²) in [6.07, 6.45) is 6.55. The summed E-state index contributed by atoms with van der Waals surface area (Å²) < 4.78 is 0.647. The molecule has 1 aromatic rings. The highest BCUT2D eigenvalue weighted by atomic mass is 79.9. The van der Waals surface area contributed by atoms with Gasteiger partial charge in [-0.25, -0.2) is 0 Å². The number of carbonyl (C=O) groups excluding carboxylic acids is 2. The lowest BCUT2D eigenvalue weighted by molar-refractivity contribution is -0.131. The molecule has 1 aliphatic heterocycles. The Balaban J connectivity index is 1.60. The lowest BCUT2D eigenvalue weighted by Crippen LogP contribution is -2.45. The summed E-state index contributed by atoms with van der Waals surface area (Å²) in [5.41, 5.74) is 0.297. The summed E-state index contributed by atoms with van der Waals surface area (Å²) in [5, 5.41) is 9.33. The van der Waals surface area contributed by atoms with Gasteiger partial charge in [-0.05, 0) is 35.2 Å². The van der Waals surface area contributed by atoms with E-state index in [-0.39, 0.29) is 11.8 Å². The highest BCUT2D eigenvalue weighted by Gasteiger charge is 2.37. The molecule has 0 bridgehead atoms. The Labute approximate surface area is 131 Å². The first-order chi connectivity index (χ1) is 10.1. The van der Waals surface area contributed by atoms with Crippen molar-refractivity contribution in [1.82, 2.24) is 20.4 Å². The van der Waals surface area contributed by atoms with Gasteiger partial charge in [-0.3, -0.25) is 14.7 Å². The molecule has 3 rings (SSSR count). The number of likely N-dealkylation sites (tertiary alicyclic amines) is 1. The fraction of sp³-hybridized carbons (Fsp3) is 0.643. The van der Waals surface area contributed by atoms with E-state index < -0.39 is 6.04 Å². The van der Waals surface area contributed by atoms with Crippen molar-refractivity contribution in [3.63, 3.8) is 0 Å². The molecule has 7 heteroatoms. The van der Waals surface area contributed by atoms with Gasteiger partial charge in [0.1, 0.15) is 10.6 Å². The zero-order chi connectivity index (χ0) is 14.8. The van der Waals surface area contributed by atoms with E-state index in [1.165, 1.54) is 19.3 Å². The van der Waals surface area contributed by atoms with Crippen LogP contribution >= 0.6 is 15.9 Å². The number of hydrogen-bond donors (Lipinski definition) is 2. The topological polar surface area (TPSA) is 78.1 Å². The number of hydrogen-bond acceptors (Lipinski definition) is 3. The van der Waals surface area contributed by atoms with E-state index >= 15 is 0 Å². The van der Waals surface area contributed by atoms with E-state index in [4.69, 9.17) is 0 Å². The van der Waals surface area contributed by atoms with Crippen LogP contribution in [-0.2, 0) is 4.79 Å². The van der Waals surface area contributed by atoms with Gasteiger partial charge in [-0.1, -0.05) is 19.3 Å². The number of H-pyrrole nitrogens is 1. The molecule has 0 aromatic carbocycles. The van der Waals surface area contributed by atoms with E-state index in [1.54, 1.807) is 6.07 Å². The number of aromatic nitrogens is 2. The van der Waals surface area contributed by atoms with Crippen molar-refractivity contribution in [1.29, 1.82) is 0 Å². The molecule has 1 aromatic heterocycles. The molecule has 21 heavy (non-hydrogen) atoms. The molecule has 2 aliphatic rings. The minimum atomic E-state index is -0.407. The minimum absolute atomic E-state index is 0.0600. The third kappa shape index (κ3) is 3.12. The third-order valence-electron chi connectivity index (χ3n) is 4.34. The van der Waals surface area contributed by atoms with Crippen LogP contribution in [0.2, 0.25) is 0 Å². The van der Waals surface area contributed by atoms with Gasteiger partial charge in [-0.15, -0.1) is 0 Å². The van der Waals surface area contributed by atoms with Gasteiger partial charge in [0, 0.05) is 18.7 Å². The van der Waals surface area contributed by atoms with Crippen molar-refractivity contribution < 1.29 is 9.59 Å². The van der Waals surface area contributed by atoms with Crippen LogP contribution in [0.1, 0.15) is 49.0 Å². The fourth-order valence-electron chi connectivity index (χ4n) is 3.24. The van der Waals surface area contributed by atoms with E-state index in [9.17, 15) is 9.59 Å². The minimum Gasteiger partial charge on any atom is -0.339 e. The average Bonchev–Trinajstić information content (AvgIpc) is 3.07. The smallest absolute Gasteiger partial charge is 0.272 e. The van der Waals surface area contributed by atoms with Crippen LogP contribution in [0.5, 0.6) is 0 Å². The fourth-order valence-corrected chi connectivity index (χ4v) is 3.54. The first kappa shape index (κ1) is 14.6. The normalized spacial score (nSPS) is 23.6. The maximum Gasteiger partial charge on any atom is 0.272 e. The molecule has 1 unspecified atom stereocenters. The number of rotatable bonds is 3. The van der Waals surface area contributed by atoms with Gasteiger partial charge < -0.3 is 10.2 Å². The highest BCUT2D eigenvalue weighted by Crippen LogP contribution is 2.26. The number of nitrogens with one attached hydrogen (secondary N) is 2. The molecule has 0 radical (unpaired) electrons. The van der Waals surface area contributed by atoms with Crippen LogP contribution in [0.15, 0.2) is 10.7 Å². The molecule has 6 nitrogen and oxygen atoms in total. The second kappa shape index (κ2) is 6.17. The Morgan fingerprint density at radius 2 is 2.10 bits per heavy atom. The molecule has 0 spiro atoms. The second-order valence-electron chi connectivity index (χ2n) is 5.74. The van der Waals surface area contributed by atoms with Crippen LogP contribution in [-0.4, -0.2) is 45.5 Å². The maximum atomic E-state index is 12.5. The van der Waals surface area contributed by atoms with Crippen LogP contribution in [0, 0.1) is 0 Å². The van der Waals surface area contributed by atoms with Crippen LogP contribution in [0.3, 0.4) is 0 Å². The Morgan fingerprint density at radius 3 is 2.76 bits per heavy atom. The molecule has 114 valence electrons. The SMILES string of the molecule is O=C(NC1CCN(C2CCCCC2)C1=O)c1cc(Br)[nH]n1. The summed E-state index contributed by atoms with van der Waals surface area (Å²) in [5.74, 6) is -0.245. The Bertz CT molecular complexity index is 539. The van der Waals surface area contributed by atoms with E-state index in [2.05, 4.69) is 31.4 Å². The molecule has 1 saturated carbocycles. The average molecular weight is 355 g/mol. The molecular weight excluding hydrogens is 336 g/mol. The number of halogens is 1. The molecule has 1 saturated heterocycles. The summed E-state index contributed by atoms with van der Waals surface area (Å²) >= 11 is 3.21. The molecular formula is C14H19BrN4O2. The quantitative estimate of drug-likeness (QED) is 0.869. The zero-order valence-electron chi connectivity index (χ0n) is 11.8. The summed E-state index contributed by atoms with van der Waals surface area (Å²) in [7, 11) is 0. The zero-order valence-corrected chi connectivity index (χ0v) is 13.4. The Morgan fingerprint density at radius 1 is 1.33 bits per heavy atom. The molecule has 2 fully saturated rings. The van der Waals surface area contributed by atoms with Gasteiger partial charge in [0.05, 0.1) is 0 Å². The van der Waals surface area contributed by atoms with Crippen molar-refractivity contribution in [3.8, 4) is 0 Å². The van der Waals surface area contributed by atoms with Crippen LogP contribution in [0.4, 0.5) is 0 Å². The van der Waals surface area contributed by atoms with Gasteiger partial charge in [0.2, 0.25) is 5.91 Å². The van der Waals surface area contributed by atoms with Crippen molar-refractivity contribution in [3.05, 3.63) is 16.4 Å². The number of aromatic amines is 1. The summed E-state index contributed by atoms with van der Waals surface area (Å²) in [4.78, 5) is 26.5. The predicted octanol–water partition coefficient (Wildman–Crippen LogP) is 1.84. The van der Waals surface area contributed by atoms with E-state index in [0.29, 0.717) is 22.8 Å². The van der Waals surface area contributed by atoms with Gasteiger partial charge in [0.15, 0.2) is 5.69 Å². The first-order valence-corrected chi connectivity index (χ1v) is 8.26. The summed E-state index contributed by atoms with van der Waals surface area (Å²) in [6, 6.07) is 1.57. The largest absolute Gasteiger partial charge is 0.339 e. The van der Waals surface area contributed by atoms with Crippen LogP contribution in [0.25, 0.3) is 0 Å². The molecule has 1 atom stereocenters. The first-order valence-electron chi connectivity index (χ1n) is 7.47. The van der Waals surface area contributed by atoms with E-state index in [0.717, 1.165) is 19.4 Å². The Hall–Kier alpha value is -1.37. The third-order valence-corrected chi connectivity index (χ3v) is 4.75. The molecule has 2 amide bonds. The number of carbonyl (C=O) groups is 2. The van der Waals surface area contributed by atoms with Gasteiger partial charge in [-0.2, -0.15) is 5.10 Å². The Kier molecular flexibility index (Phi) is 4.28. The number of nitrogens with zero attached hydrogens (tertiary/aromatic N) is 2. The van der Waals surface area contributed by atoms with Gasteiger partial charge in [0.25, 0.3) is 5.91 Å². The van der Waals surface area contributed by atoms with E-state index in [1.807, 2.05) is 4.90 Å². The number of amides is 2. The molecule has 2 N–H and O–H groups in total. The van der Waals surface area contributed by atoms with Crippen LogP contribution < -0.4 is 5.32 Å². The maximum absolute atomic E-state index is 12.5. The monoisotopic (exact) mass is 354 g/mol. The standard InChI is InChI=1S/C14H19BrN4O2/c15-12-8-11(17-18-12)13(20)16-10-6-7-19(14(10)21)9-4-2-1-3-5-9/h8-10H,1-7H2,(H,16,20)(H,17,18).